The summed E-state index contributed by atoms with van der Waals surface area (Å²) in [4.78, 5) is 29.0. The van der Waals surface area contributed by atoms with E-state index < -0.39 is 12.0 Å². The number of carboxylic acid groups (broad SMARTS) is 1. The maximum absolute atomic E-state index is 12.4. The van der Waals surface area contributed by atoms with Crippen LogP contribution in [0.15, 0.2) is 0 Å². The number of likely N-dealkylation sites (N-methyl/N-ethyl adjacent to an activating group) is 1. The van der Waals surface area contributed by atoms with Crippen molar-refractivity contribution in [3.05, 3.63) is 0 Å². The first-order valence-corrected chi connectivity index (χ1v) is 6.52. The SMILES string of the molecule is COC1CC(C(=O)O)N(C(=O)N2CCN(C)CC2)C1. The molecule has 2 aliphatic rings. The number of rotatable bonds is 2. The number of likely N-dealkylation sites (tertiary alicyclic amines) is 1. The molecule has 0 bridgehead atoms. The monoisotopic (exact) mass is 271 g/mol. The van der Waals surface area contributed by atoms with Crippen LogP contribution in [0.4, 0.5) is 4.79 Å². The summed E-state index contributed by atoms with van der Waals surface area (Å²) in [7, 11) is 3.56. The molecular weight excluding hydrogens is 250 g/mol. The molecule has 1 N–H and O–H groups in total. The first kappa shape index (κ1) is 14.1. The molecule has 0 aliphatic carbocycles. The number of urea groups is 1. The summed E-state index contributed by atoms with van der Waals surface area (Å²) in [5, 5.41) is 9.21. The van der Waals surface area contributed by atoms with Gasteiger partial charge in [-0.15, -0.1) is 0 Å². The van der Waals surface area contributed by atoms with Gasteiger partial charge in [0.2, 0.25) is 0 Å². The molecule has 19 heavy (non-hydrogen) atoms. The Morgan fingerprint density at radius 2 is 1.84 bits per heavy atom. The van der Waals surface area contributed by atoms with Crippen LogP contribution >= 0.6 is 0 Å². The maximum Gasteiger partial charge on any atom is 0.326 e. The van der Waals surface area contributed by atoms with E-state index in [1.165, 1.54) is 4.90 Å². The number of piperazine rings is 1. The number of carboxylic acids is 1. The largest absolute Gasteiger partial charge is 0.480 e. The summed E-state index contributed by atoms with van der Waals surface area (Å²) in [5.41, 5.74) is 0. The highest BCUT2D eigenvalue weighted by Gasteiger charge is 2.41. The lowest BCUT2D eigenvalue weighted by atomic mass is 10.2. The van der Waals surface area contributed by atoms with E-state index in [1.807, 2.05) is 7.05 Å². The van der Waals surface area contributed by atoms with E-state index in [-0.39, 0.29) is 12.1 Å². The van der Waals surface area contributed by atoms with Gasteiger partial charge < -0.3 is 24.5 Å². The average molecular weight is 271 g/mol. The van der Waals surface area contributed by atoms with Crippen molar-refractivity contribution in [1.82, 2.24) is 14.7 Å². The van der Waals surface area contributed by atoms with Crippen molar-refractivity contribution >= 4 is 12.0 Å². The Kier molecular flexibility index (Phi) is 4.26. The Hall–Kier alpha value is -1.34. The minimum absolute atomic E-state index is 0.181. The normalized spacial score (nSPS) is 28.7. The molecule has 2 fully saturated rings. The van der Waals surface area contributed by atoms with Crippen molar-refractivity contribution in [2.24, 2.45) is 0 Å². The van der Waals surface area contributed by atoms with Gasteiger partial charge >= 0.3 is 12.0 Å². The quantitative estimate of drug-likeness (QED) is 0.735. The third-order valence-electron chi connectivity index (χ3n) is 3.90. The first-order valence-electron chi connectivity index (χ1n) is 6.52. The number of nitrogens with zero attached hydrogens (tertiary/aromatic N) is 3. The number of ether oxygens (including phenoxy) is 1. The van der Waals surface area contributed by atoms with Gasteiger partial charge in [-0.3, -0.25) is 0 Å². The highest BCUT2D eigenvalue weighted by atomic mass is 16.5. The number of methoxy groups -OCH3 is 1. The predicted octanol–water partition coefficient (Wildman–Crippen LogP) is -0.472. The van der Waals surface area contributed by atoms with Gasteiger partial charge in [-0.2, -0.15) is 0 Å². The molecule has 0 radical (unpaired) electrons. The van der Waals surface area contributed by atoms with Crippen molar-refractivity contribution < 1.29 is 19.4 Å². The number of amides is 2. The molecule has 0 aromatic heterocycles. The molecular formula is C12H21N3O4. The van der Waals surface area contributed by atoms with Gasteiger partial charge in [-0.1, -0.05) is 0 Å². The molecule has 7 heteroatoms. The van der Waals surface area contributed by atoms with E-state index in [0.717, 1.165) is 13.1 Å². The summed E-state index contributed by atoms with van der Waals surface area (Å²) in [6.45, 7) is 3.31. The fourth-order valence-corrected chi connectivity index (χ4v) is 2.59. The third-order valence-corrected chi connectivity index (χ3v) is 3.90. The number of carbonyl (C=O) groups is 2. The van der Waals surface area contributed by atoms with Crippen molar-refractivity contribution in [1.29, 1.82) is 0 Å². The minimum Gasteiger partial charge on any atom is -0.480 e. The summed E-state index contributed by atoms with van der Waals surface area (Å²) < 4.78 is 5.19. The Bertz CT molecular complexity index is 355. The van der Waals surface area contributed by atoms with Crippen molar-refractivity contribution in [2.75, 3.05) is 46.9 Å². The summed E-state index contributed by atoms with van der Waals surface area (Å²) >= 11 is 0. The summed E-state index contributed by atoms with van der Waals surface area (Å²) in [5.74, 6) is -0.956. The zero-order valence-electron chi connectivity index (χ0n) is 11.4. The molecule has 0 aromatic rings. The Morgan fingerprint density at radius 3 is 2.37 bits per heavy atom. The van der Waals surface area contributed by atoms with Gasteiger partial charge in [0.15, 0.2) is 0 Å². The predicted molar refractivity (Wildman–Crippen MR) is 68.0 cm³/mol. The van der Waals surface area contributed by atoms with Gasteiger partial charge in [-0.05, 0) is 7.05 Å². The lowest BCUT2D eigenvalue weighted by Gasteiger charge is -2.35. The van der Waals surface area contributed by atoms with Crippen molar-refractivity contribution in [3.63, 3.8) is 0 Å². The molecule has 0 saturated carbocycles. The lowest BCUT2D eigenvalue weighted by Crippen LogP contribution is -2.54. The Morgan fingerprint density at radius 1 is 1.21 bits per heavy atom. The van der Waals surface area contributed by atoms with Gasteiger partial charge in [0.1, 0.15) is 6.04 Å². The van der Waals surface area contributed by atoms with Gasteiger partial charge in [0.05, 0.1) is 6.10 Å². The van der Waals surface area contributed by atoms with Crippen LogP contribution in [-0.2, 0) is 9.53 Å². The smallest absolute Gasteiger partial charge is 0.326 e. The van der Waals surface area contributed by atoms with Crippen LogP contribution in [-0.4, -0.2) is 90.8 Å². The topological polar surface area (TPSA) is 73.3 Å². The van der Waals surface area contributed by atoms with Crippen LogP contribution in [0.2, 0.25) is 0 Å². The molecule has 2 aliphatic heterocycles. The van der Waals surface area contributed by atoms with E-state index in [4.69, 9.17) is 4.74 Å². The van der Waals surface area contributed by atoms with E-state index in [2.05, 4.69) is 4.90 Å². The van der Waals surface area contributed by atoms with Crippen LogP contribution in [0, 0.1) is 0 Å². The highest BCUT2D eigenvalue weighted by molar-refractivity contribution is 5.83. The van der Waals surface area contributed by atoms with E-state index in [1.54, 1.807) is 12.0 Å². The van der Waals surface area contributed by atoms with Crippen LogP contribution < -0.4 is 0 Å². The molecule has 2 amide bonds. The molecule has 7 nitrogen and oxygen atoms in total. The van der Waals surface area contributed by atoms with Gasteiger partial charge in [0.25, 0.3) is 0 Å². The van der Waals surface area contributed by atoms with Gasteiger partial charge in [0, 0.05) is 46.3 Å². The van der Waals surface area contributed by atoms with Crippen molar-refractivity contribution in [3.8, 4) is 0 Å². The van der Waals surface area contributed by atoms with E-state index in [9.17, 15) is 14.7 Å². The first-order chi connectivity index (χ1) is 9.02. The Balaban J connectivity index is 2.02. The maximum atomic E-state index is 12.4. The molecule has 0 spiro atoms. The molecule has 2 atom stereocenters. The zero-order valence-corrected chi connectivity index (χ0v) is 11.4. The number of hydrogen-bond acceptors (Lipinski definition) is 4. The highest BCUT2D eigenvalue weighted by Crippen LogP contribution is 2.22. The fraction of sp³-hybridized carbons (Fsp3) is 0.833. The number of aliphatic carboxylic acids is 1. The second-order valence-corrected chi connectivity index (χ2v) is 5.17. The second kappa shape index (κ2) is 5.75. The number of hydrogen-bond donors (Lipinski definition) is 1. The average Bonchev–Trinajstić information content (AvgIpc) is 2.83. The molecule has 2 saturated heterocycles. The molecule has 0 aromatic carbocycles. The van der Waals surface area contributed by atoms with E-state index in [0.29, 0.717) is 26.1 Å². The van der Waals surface area contributed by atoms with Crippen LogP contribution in [0.5, 0.6) is 0 Å². The Labute approximate surface area is 112 Å². The minimum atomic E-state index is -0.956. The summed E-state index contributed by atoms with van der Waals surface area (Å²) in [6, 6.07) is -0.947. The molecule has 108 valence electrons. The van der Waals surface area contributed by atoms with Gasteiger partial charge in [-0.25, -0.2) is 9.59 Å². The molecule has 2 rings (SSSR count). The van der Waals surface area contributed by atoms with Crippen LogP contribution in [0.1, 0.15) is 6.42 Å². The number of carbonyl (C=O) groups excluding carboxylic acids is 1. The van der Waals surface area contributed by atoms with Crippen molar-refractivity contribution in [2.45, 2.75) is 18.6 Å². The summed E-state index contributed by atoms with van der Waals surface area (Å²) in [6.07, 6.45) is 0.184. The molecule has 2 unspecified atom stereocenters. The van der Waals surface area contributed by atoms with E-state index >= 15 is 0 Å². The fourth-order valence-electron chi connectivity index (χ4n) is 2.59. The second-order valence-electron chi connectivity index (χ2n) is 5.17. The zero-order chi connectivity index (χ0) is 14.0. The standard InChI is InChI=1S/C12H21N3O4/c1-13-3-5-14(6-4-13)12(18)15-8-9(19-2)7-10(15)11(16)17/h9-10H,3-8H2,1-2H3,(H,16,17). The van der Waals surface area contributed by atoms with Crippen LogP contribution in [0.3, 0.4) is 0 Å². The lowest BCUT2D eigenvalue weighted by molar-refractivity contribution is -0.141. The molecule has 2 heterocycles. The van der Waals surface area contributed by atoms with Crippen LogP contribution in [0.25, 0.3) is 0 Å². The third kappa shape index (κ3) is 2.98.